The van der Waals surface area contributed by atoms with Crippen LogP contribution in [0.1, 0.15) is 13.3 Å². The summed E-state index contributed by atoms with van der Waals surface area (Å²) in [6.45, 7) is 1.84. The van der Waals surface area contributed by atoms with E-state index in [1.54, 1.807) is 12.1 Å². The number of amides is 2. The van der Waals surface area contributed by atoms with Crippen LogP contribution in [0.4, 0.5) is 10.5 Å². The molecule has 0 aromatic heterocycles. The monoisotopic (exact) mass is 206 g/mol. The van der Waals surface area contributed by atoms with Gasteiger partial charge in [-0.05, 0) is 18.6 Å². The van der Waals surface area contributed by atoms with Gasteiger partial charge in [-0.1, -0.05) is 25.1 Å². The highest BCUT2D eigenvalue weighted by Gasteiger charge is 2.08. The summed E-state index contributed by atoms with van der Waals surface area (Å²) in [4.78, 5) is 21.8. The Labute approximate surface area is 88.7 Å². The summed E-state index contributed by atoms with van der Waals surface area (Å²) < 4.78 is 0. The molecule has 1 aromatic rings. The summed E-state index contributed by atoms with van der Waals surface area (Å²) in [6, 6.07) is 8.29. The number of hydrogen-bond acceptors (Lipinski definition) is 2. The van der Waals surface area contributed by atoms with Crippen molar-refractivity contribution >= 4 is 18.0 Å². The topological polar surface area (TPSA) is 58.2 Å². The van der Waals surface area contributed by atoms with Crippen molar-refractivity contribution in [2.75, 3.05) is 5.32 Å². The smallest absolute Gasteiger partial charge is 0.319 e. The average Bonchev–Trinajstić information content (AvgIpc) is 2.27. The van der Waals surface area contributed by atoms with E-state index in [9.17, 15) is 9.59 Å². The first-order valence-electron chi connectivity index (χ1n) is 4.84. The van der Waals surface area contributed by atoms with Gasteiger partial charge in [0.2, 0.25) is 0 Å². The molecule has 1 rings (SSSR count). The molecule has 15 heavy (non-hydrogen) atoms. The molecule has 80 valence electrons. The van der Waals surface area contributed by atoms with Crippen molar-refractivity contribution in [1.82, 2.24) is 5.32 Å². The van der Waals surface area contributed by atoms with Crippen LogP contribution in [0.15, 0.2) is 30.3 Å². The van der Waals surface area contributed by atoms with Gasteiger partial charge in [0.05, 0.1) is 6.04 Å². The van der Waals surface area contributed by atoms with E-state index in [2.05, 4.69) is 10.6 Å². The number of urea groups is 1. The van der Waals surface area contributed by atoms with E-state index in [0.29, 0.717) is 12.1 Å². The maximum Gasteiger partial charge on any atom is 0.319 e. The molecular weight excluding hydrogens is 192 g/mol. The third-order valence-corrected chi connectivity index (χ3v) is 1.95. The van der Waals surface area contributed by atoms with Gasteiger partial charge < -0.3 is 15.4 Å². The van der Waals surface area contributed by atoms with Gasteiger partial charge in [-0.25, -0.2) is 4.79 Å². The molecule has 0 saturated heterocycles. The highest BCUT2D eigenvalue weighted by Crippen LogP contribution is 2.04. The van der Waals surface area contributed by atoms with Crippen LogP contribution < -0.4 is 10.6 Å². The van der Waals surface area contributed by atoms with Gasteiger partial charge in [0.25, 0.3) is 0 Å². The molecule has 4 heteroatoms. The van der Waals surface area contributed by atoms with E-state index < -0.39 is 6.04 Å². The Morgan fingerprint density at radius 1 is 1.40 bits per heavy atom. The van der Waals surface area contributed by atoms with E-state index in [0.717, 1.165) is 6.29 Å². The number of carbonyl (C=O) groups is 2. The lowest BCUT2D eigenvalue weighted by atomic mass is 10.2. The van der Waals surface area contributed by atoms with E-state index in [-0.39, 0.29) is 6.03 Å². The summed E-state index contributed by atoms with van der Waals surface area (Å²) in [7, 11) is 0. The molecule has 2 amide bonds. The molecule has 1 atom stereocenters. The lowest BCUT2D eigenvalue weighted by molar-refractivity contribution is -0.109. The number of anilines is 1. The summed E-state index contributed by atoms with van der Waals surface area (Å²) in [5, 5.41) is 5.18. The minimum absolute atomic E-state index is 0.361. The van der Waals surface area contributed by atoms with Gasteiger partial charge in [0.1, 0.15) is 6.29 Å². The number of para-hydroxylation sites is 1. The first-order chi connectivity index (χ1) is 7.26. The quantitative estimate of drug-likeness (QED) is 0.738. The fourth-order valence-electron chi connectivity index (χ4n) is 1.09. The molecule has 2 N–H and O–H groups in total. The van der Waals surface area contributed by atoms with Crippen molar-refractivity contribution in [3.05, 3.63) is 30.3 Å². The number of benzene rings is 1. The number of nitrogens with one attached hydrogen (secondary N) is 2. The van der Waals surface area contributed by atoms with Crippen molar-refractivity contribution in [1.29, 1.82) is 0 Å². The second-order valence-corrected chi connectivity index (χ2v) is 3.12. The fraction of sp³-hybridized carbons (Fsp3) is 0.273. The Bertz CT molecular complexity index is 325. The SMILES string of the molecule is CCC(C=O)NC(=O)Nc1ccccc1. The molecule has 0 bridgehead atoms. The molecule has 0 fully saturated rings. The lowest BCUT2D eigenvalue weighted by Gasteiger charge is -2.11. The maximum absolute atomic E-state index is 11.4. The van der Waals surface area contributed by atoms with Crippen molar-refractivity contribution in [3.8, 4) is 0 Å². The molecular formula is C11H14N2O2. The summed E-state index contributed by atoms with van der Waals surface area (Å²) >= 11 is 0. The molecule has 0 aliphatic rings. The van der Waals surface area contributed by atoms with Gasteiger partial charge in [0.15, 0.2) is 0 Å². The third-order valence-electron chi connectivity index (χ3n) is 1.95. The molecule has 0 radical (unpaired) electrons. The van der Waals surface area contributed by atoms with Gasteiger partial charge in [0, 0.05) is 5.69 Å². The zero-order chi connectivity index (χ0) is 11.1. The van der Waals surface area contributed by atoms with Crippen molar-refractivity contribution in [2.24, 2.45) is 0 Å². The van der Waals surface area contributed by atoms with Crippen molar-refractivity contribution in [3.63, 3.8) is 0 Å². The molecule has 1 unspecified atom stereocenters. The Balaban J connectivity index is 2.46. The van der Waals surface area contributed by atoms with Gasteiger partial charge in [-0.3, -0.25) is 0 Å². The average molecular weight is 206 g/mol. The van der Waals surface area contributed by atoms with Crippen LogP contribution in [-0.4, -0.2) is 18.4 Å². The van der Waals surface area contributed by atoms with Crippen molar-refractivity contribution in [2.45, 2.75) is 19.4 Å². The fourth-order valence-corrected chi connectivity index (χ4v) is 1.09. The zero-order valence-electron chi connectivity index (χ0n) is 8.57. The van der Waals surface area contributed by atoms with E-state index in [1.165, 1.54) is 0 Å². The number of carbonyl (C=O) groups excluding carboxylic acids is 2. The largest absolute Gasteiger partial charge is 0.328 e. The molecule has 0 aliphatic heterocycles. The minimum Gasteiger partial charge on any atom is -0.328 e. The first-order valence-corrected chi connectivity index (χ1v) is 4.84. The van der Waals surface area contributed by atoms with E-state index in [4.69, 9.17) is 0 Å². The number of hydrogen-bond donors (Lipinski definition) is 2. The van der Waals surface area contributed by atoms with Crippen LogP contribution in [0.3, 0.4) is 0 Å². The predicted molar refractivity (Wildman–Crippen MR) is 58.7 cm³/mol. The molecule has 0 aliphatic carbocycles. The summed E-state index contributed by atoms with van der Waals surface area (Å²) in [6.07, 6.45) is 1.32. The van der Waals surface area contributed by atoms with E-state index in [1.807, 2.05) is 25.1 Å². The second kappa shape index (κ2) is 5.80. The highest BCUT2D eigenvalue weighted by atomic mass is 16.2. The number of rotatable bonds is 4. The predicted octanol–water partition coefficient (Wildman–Crippen LogP) is 1.79. The summed E-state index contributed by atoms with van der Waals surface area (Å²) in [5.41, 5.74) is 0.704. The van der Waals surface area contributed by atoms with Gasteiger partial charge >= 0.3 is 6.03 Å². The van der Waals surface area contributed by atoms with Crippen LogP contribution in [0.5, 0.6) is 0 Å². The Morgan fingerprint density at radius 2 is 2.07 bits per heavy atom. The van der Waals surface area contributed by atoms with Gasteiger partial charge in [-0.15, -0.1) is 0 Å². The first kappa shape index (κ1) is 11.2. The Morgan fingerprint density at radius 3 is 2.60 bits per heavy atom. The zero-order valence-corrected chi connectivity index (χ0v) is 8.57. The van der Waals surface area contributed by atoms with E-state index >= 15 is 0 Å². The highest BCUT2D eigenvalue weighted by molar-refractivity contribution is 5.90. The van der Waals surface area contributed by atoms with Crippen LogP contribution >= 0.6 is 0 Å². The van der Waals surface area contributed by atoms with Crippen LogP contribution in [-0.2, 0) is 4.79 Å². The minimum atomic E-state index is -0.422. The van der Waals surface area contributed by atoms with Crippen LogP contribution in [0.25, 0.3) is 0 Å². The molecule has 0 spiro atoms. The molecule has 1 aromatic carbocycles. The Hall–Kier alpha value is -1.84. The standard InChI is InChI=1S/C11H14N2O2/c1-2-9(8-14)12-11(15)13-10-6-4-3-5-7-10/h3-9H,2H2,1H3,(H2,12,13,15). The lowest BCUT2D eigenvalue weighted by Crippen LogP contribution is -2.38. The third kappa shape index (κ3) is 3.81. The van der Waals surface area contributed by atoms with Crippen molar-refractivity contribution < 1.29 is 9.59 Å². The molecule has 0 heterocycles. The second-order valence-electron chi connectivity index (χ2n) is 3.12. The normalized spacial score (nSPS) is 11.5. The van der Waals surface area contributed by atoms with Crippen LogP contribution in [0.2, 0.25) is 0 Å². The van der Waals surface area contributed by atoms with Crippen LogP contribution in [0, 0.1) is 0 Å². The maximum atomic E-state index is 11.4. The van der Waals surface area contributed by atoms with Gasteiger partial charge in [-0.2, -0.15) is 0 Å². The Kier molecular flexibility index (Phi) is 4.34. The summed E-state index contributed by atoms with van der Waals surface area (Å²) in [5.74, 6) is 0. The molecule has 0 saturated carbocycles. The molecule has 4 nitrogen and oxygen atoms in total. The number of aldehydes is 1.